The van der Waals surface area contributed by atoms with Gasteiger partial charge in [-0.15, -0.1) is 0 Å². The predicted molar refractivity (Wildman–Crippen MR) is 158 cm³/mol. The van der Waals surface area contributed by atoms with Gasteiger partial charge < -0.3 is 14.5 Å². The van der Waals surface area contributed by atoms with Crippen LogP contribution in [0.5, 0.6) is 0 Å². The van der Waals surface area contributed by atoms with Crippen molar-refractivity contribution in [2.24, 2.45) is 4.99 Å². The number of nitro groups is 1. The van der Waals surface area contributed by atoms with Gasteiger partial charge in [0.05, 0.1) is 29.5 Å². The lowest BCUT2D eigenvalue weighted by atomic mass is 9.98. The van der Waals surface area contributed by atoms with E-state index in [0.717, 1.165) is 63.8 Å². The quantitative estimate of drug-likeness (QED) is 0.246. The number of anilines is 2. The van der Waals surface area contributed by atoms with Crippen LogP contribution in [0.2, 0.25) is 0 Å². The van der Waals surface area contributed by atoms with Crippen molar-refractivity contribution in [2.75, 3.05) is 55.7 Å². The molecule has 0 aliphatic carbocycles. The van der Waals surface area contributed by atoms with Gasteiger partial charge >= 0.3 is 0 Å². The average Bonchev–Trinajstić information content (AvgIpc) is 3.00. The van der Waals surface area contributed by atoms with Gasteiger partial charge in [0.2, 0.25) is 10.0 Å². The molecular formula is C29H39N5O5S. The minimum atomic E-state index is -3.76. The molecule has 0 amide bonds. The Kier molecular flexibility index (Phi) is 9.02. The van der Waals surface area contributed by atoms with Crippen LogP contribution in [0.25, 0.3) is 0 Å². The number of nitro benzene ring substituents is 1. The van der Waals surface area contributed by atoms with Crippen LogP contribution >= 0.6 is 0 Å². The molecule has 0 aromatic heterocycles. The molecule has 0 radical (unpaired) electrons. The van der Waals surface area contributed by atoms with Crippen LogP contribution in [-0.4, -0.2) is 75.8 Å². The Morgan fingerprint density at radius 2 is 1.70 bits per heavy atom. The van der Waals surface area contributed by atoms with Crippen LogP contribution in [0, 0.1) is 10.1 Å². The van der Waals surface area contributed by atoms with Crippen molar-refractivity contribution in [2.45, 2.75) is 62.8 Å². The van der Waals surface area contributed by atoms with E-state index in [2.05, 4.69) is 21.7 Å². The van der Waals surface area contributed by atoms with Crippen molar-refractivity contribution in [3.8, 4) is 0 Å². The summed E-state index contributed by atoms with van der Waals surface area (Å²) in [5.41, 5.74) is 2.79. The number of sulfonamides is 1. The number of piperidine rings is 2. The Hall–Kier alpha value is -3.02. The zero-order valence-electron chi connectivity index (χ0n) is 23.2. The van der Waals surface area contributed by atoms with E-state index < -0.39 is 14.9 Å². The number of morpholine rings is 1. The van der Waals surface area contributed by atoms with Crippen molar-refractivity contribution in [1.29, 1.82) is 0 Å². The molecule has 40 heavy (non-hydrogen) atoms. The number of non-ortho nitro benzene ring substituents is 1. The maximum Gasteiger partial charge on any atom is 0.270 e. The summed E-state index contributed by atoms with van der Waals surface area (Å²) in [5.74, 6) is 0. The smallest absolute Gasteiger partial charge is 0.270 e. The monoisotopic (exact) mass is 569 g/mol. The van der Waals surface area contributed by atoms with E-state index in [9.17, 15) is 18.5 Å². The predicted octanol–water partition coefficient (Wildman–Crippen LogP) is 5.13. The van der Waals surface area contributed by atoms with Gasteiger partial charge in [0.1, 0.15) is 4.90 Å². The molecule has 0 N–H and O–H groups in total. The normalized spacial score (nSPS) is 21.2. The number of hydrogen-bond acceptors (Lipinski definition) is 8. The van der Waals surface area contributed by atoms with Crippen LogP contribution in [0.4, 0.5) is 22.7 Å². The van der Waals surface area contributed by atoms with Gasteiger partial charge in [-0.25, -0.2) is 8.42 Å². The summed E-state index contributed by atoms with van der Waals surface area (Å²) < 4.78 is 34.6. The number of ether oxygens (including phenoxy) is 1. The minimum Gasteiger partial charge on any atom is -0.379 e. The standard InChI is InChI=1S/C29H39N5O5S/c1-2-25-8-4-7-15-33(25)27-12-10-26(34(35)36)20-23(27)22-30-24-9-11-28(31-13-5-3-6-14-31)29(21-24)40(37,38)32-16-18-39-19-17-32/h9-12,20-22,25H,2-8,13-19H2,1H3/t25-/m0/s1. The number of nitrogens with zero attached hydrogens (tertiary/aromatic N) is 5. The second-order valence-corrected chi connectivity index (χ2v) is 12.6. The molecule has 11 heteroatoms. The Labute approximate surface area is 236 Å². The fourth-order valence-electron chi connectivity index (χ4n) is 6.02. The lowest BCUT2D eigenvalue weighted by molar-refractivity contribution is -0.384. The molecule has 3 fully saturated rings. The largest absolute Gasteiger partial charge is 0.379 e. The van der Waals surface area contributed by atoms with Crippen LogP contribution < -0.4 is 9.80 Å². The first-order valence-corrected chi connectivity index (χ1v) is 15.9. The summed E-state index contributed by atoms with van der Waals surface area (Å²) in [6.07, 6.45) is 9.18. The molecule has 0 bridgehead atoms. The highest BCUT2D eigenvalue weighted by Crippen LogP contribution is 2.35. The second kappa shape index (κ2) is 12.7. The van der Waals surface area contributed by atoms with Crippen LogP contribution in [0.3, 0.4) is 0 Å². The number of benzene rings is 2. The van der Waals surface area contributed by atoms with Crippen molar-refractivity contribution >= 4 is 39.0 Å². The molecule has 2 aromatic rings. The van der Waals surface area contributed by atoms with E-state index in [0.29, 0.717) is 49.3 Å². The third-order valence-electron chi connectivity index (χ3n) is 8.21. The molecule has 3 heterocycles. The topological polar surface area (TPSA) is 109 Å². The van der Waals surface area contributed by atoms with Crippen LogP contribution in [0.15, 0.2) is 46.3 Å². The molecule has 2 aromatic carbocycles. The first-order valence-electron chi connectivity index (χ1n) is 14.4. The fourth-order valence-corrected chi connectivity index (χ4v) is 7.66. The highest BCUT2D eigenvalue weighted by atomic mass is 32.2. The van der Waals surface area contributed by atoms with E-state index in [4.69, 9.17) is 4.74 Å². The van der Waals surface area contributed by atoms with E-state index in [1.165, 1.54) is 10.7 Å². The van der Waals surface area contributed by atoms with Gasteiger partial charge in [0.25, 0.3) is 5.69 Å². The van der Waals surface area contributed by atoms with Gasteiger partial charge in [-0.2, -0.15) is 4.31 Å². The zero-order chi connectivity index (χ0) is 28.1. The van der Waals surface area contributed by atoms with Crippen molar-refractivity contribution < 1.29 is 18.1 Å². The molecule has 3 saturated heterocycles. The highest BCUT2D eigenvalue weighted by Gasteiger charge is 2.31. The SMILES string of the molecule is CC[C@H]1CCCCN1c1ccc([N+](=O)[O-])cc1C=Nc1ccc(N2CCCCC2)c(S(=O)(=O)N2CCOCC2)c1. The first-order chi connectivity index (χ1) is 19.4. The third kappa shape index (κ3) is 6.16. The Balaban J connectivity index is 1.53. The highest BCUT2D eigenvalue weighted by molar-refractivity contribution is 7.89. The Morgan fingerprint density at radius 1 is 0.975 bits per heavy atom. The number of rotatable bonds is 8. The molecule has 216 valence electrons. The van der Waals surface area contributed by atoms with Crippen molar-refractivity contribution in [1.82, 2.24) is 4.31 Å². The molecule has 0 saturated carbocycles. The van der Waals surface area contributed by atoms with E-state index >= 15 is 0 Å². The second-order valence-electron chi connectivity index (χ2n) is 10.7. The van der Waals surface area contributed by atoms with Crippen molar-refractivity contribution in [3.05, 3.63) is 52.1 Å². The maximum absolute atomic E-state index is 13.8. The molecule has 3 aliphatic heterocycles. The Morgan fingerprint density at radius 3 is 2.42 bits per heavy atom. The van der Waals surface area contributed by atoms with Gasteiger partial charge in [0, 0.05) is 68.4 Å². The first kappa shape index (κ1) is 28.5. The summed E-state index contributed by atoms with van der Waals surface area (Å²) in [7, 11) is -3.76. The Bertz CT molecular complexity index is 1340. The lowest BCUT2D eigenvalue weighted by Crippen LogP contribution is -2.41. The molecule has 1 atom stereocenters. The summed E-state index contributed by atoms with van der Waals surface area (Å²) in [6, 6.07) is 10.7. The van der Waals surface area contributed by atoms with Crippen LogP contribution in [0.1, 0.15) is 57.4 Å². The van der Waals surface area contributed by atoms with Gasteiger partial charge in [-0.05, 0) is 69.2 Å². The number of aliphatic imine (C=N–C) groups is 1. The van der Waals surface area contributed by atoms with E-state index in [1.54, 1.807) is 24.4 Å². The molecule has 10 nitrogen and oxygen atoms in total. The van der Waals surface area contributed by atoms with Crippen LogP contribution in [-0.2, 0) is 14.8 Å². The molecule has 0 spiro atoms. The molecule has 5 rings (SSSR count). The van der Waals surface area contributed by atoms with E-state index in [-0.39, 0.29) is 10.6 Å². The zero-order valence-corrected chi connectivity index (χ0v) is 24.0. The lowest BCUT2D eigenvalue weighted by Gasteiger charge is -2.38. The van der Waals surface area contributed by atoms with Crippen molar-refractivity contribution in [3.63, 3.8) is 0 Å². The fraction of sp³-hybridized carbons (Fsp3) is 0.552. The number of hydrogen-bond donors (Lipinski definition) is 0. The molecule has 3 aliphatic rings. The maximum atomic E-state index is 13.8. The molecular weight excluding hydrogens is 530 g/mol. The van der Waals surface area contributed by atoms with Gasteiger partial charge in [-0.3, -0.25) is 15.1 Å². The van der Waals surface area contributed by atoms with E-state index in [1.807, 2.05) is 18.2 Å². The summed E-state index contributed by atoms with van der Waals surface area (Å²) in [5, 5.41) is 11.6. The minimum absolute atomic E-state index is 0.00582. The molecule has 0 unspecified atom stereocenters. The summed E-state index contributed by atoms with van der Waals surface area (Å²) in [6.45, 7) is 6.09. The van der Waals surface area contributed by atoms with Gasteiger partial charge in [0.15, 0.2) is 0 Å². The third-order valence-corrected chi connectivity index (χ3v) is 10.1. The summed E-state index contributed by atoms with van der Waals surface area (Å²) in [4.78, 5) is 20.6. The average molecular weight is 570 g/mol. The van der Waals surface area contributed by atoms with Gasteiger partial charge in [-0.1, -0.05) is 6.92 Å². The summed E-state index contributed by atoms with van der Waals surface area (Å²) >= 11 is 0.